The maximum absolute atomic E-state index is 14.3. The van der Waals surface area contributed by atoms with E-state index in [1.54, 1.807) is 55.8 Å². The van der Waals surface area contributed by atoms with Gasteiger partial charge in [-0.3, -0.25) is 4.90 Å². The summed E-state index contributed by atoms with van der Waals surface area (Å²) < 4.78 is 70.3. The number of carbonyl (C=O) groups is 1. The molecule has 334 valence electrons. The van der Waals surface area contributed by atoms with Gasteiger partial charge in [-0.15, -0.1) is 11.3 Å². The molecule has 14 nitrogen and oxygen atoms in total. The Balaban J connectivity index is 1.14. The number of para-hydroxylation sites is 1. The highest BCUT2D eigenvalue weighted by molar-refractivity contribution is 7.91. The number of aliphatic carboxylic acids is 1. The molecular weight excluding hydrogens is 897 g/mol. The Hall–Kier alpha value is -6.40. The fourth-order valence-electron chi connectivity index (χ4n) is 7.84. The number of halogens is 2. The number of fused-ring (bicyclic) bond motifs is 7. The van der Waals surface area contributed by atoms with Gasteiger partial charge in [0, 0.05) is 48.3 Å². The van der Waals surface area contributed by atoms with Gasteiger partial charge in [0.1, 0.15) is 59.3 Å². The zero-order valence-electron chi connectivity index (χ0n) is 35.1. The first-order valence-corrected chi connectivity index (χ1v) is 23.6. The van der Waals surface area contributed by atoms with E-state index in [9.17, 15) is 22.7 Å². The van der Waals surface area contributed by atoms with Crippen LogP contribution in [0, 0.1) is 12.7 Å². The molecule has 4 aromatic carbocycles. The van der Waals surface area contributed by atoms with Crippen LogP contribution in [0.1, 0.15) is 16.8 Å². The van der Waals surface area contributed by atoms with Gasteiger partial charge in [0.25, 0.3) is 0 Å². The molecule has 7 aromatic rings. The Labute approximate surface area is 382 Å². The van der Waals surface area contributed by atoms with E-state index in [1.165, 1.54) is 29.8 Å². The van der Waals surface area contributed by atoms with Gasteiger partial charge in [-0.1, -0.05) is 41.9 Å². The molecule has 6 heterocycles. The predicted molar refractivity (Wildman–Crippen MR) is 244 cm³/mol. The third-order valence-corrected chi connectivity index (χ3v) is 14.4. The van der Waals surface area contributed by atoms with Crippen molar-refractivity contribution in [1.29, 1.82) is 0 Å². The quantitative estimate of drug-likeness (QED) is 0.147. The molecule has 1 saturated heterocycles. The van der Waals surface area contributed by atoms with Crippen LogP contribution >= 0.6 is 22.9 Å². The number of rotatable bonds is 9. The number of carboxylic acids is 1. The van der Waals surface area contributed by atoms with Gasteiger partial charge >= 0.3 is 5.97 Å². The zero-order chi connectivity index (χ0) is 45.2. The number of hydrogen-bond donors (Lipinski definition) is 1. The van der Waals surface area contributed by atoms with Gasteiger partial charge in [0.15, 0.2) is 15.7 Å². The molecule has 0 unspecified atom stereocenters. The topological polar surface area (TPSA) is 172 Å². The van der Waals surface area contributed by atoms with E-state index in [4.69, 9.17) is 40.3 Å². The largest absolute Gasteiger partial charge is 0.496 e. The van der Waals surface area contributed by atoms with Crippen molar-refractivity contribution in [2.24, 2.45) is 0 Å². The molecule has 0 radical (unpaired) electrons. The Morgan fingerprint density at radius 1 is 0.969 bits per heavy atom. The van der Waals surface area contributed by atoms with Crippen molar-refractivity contribution in [2.75, 3.05) is 44.9 Å². The fraction of sp³-hybridized carbons (Fsp3) is 0.255. The summed E-state index contributed by atoms with van der Waals surface area (Å²) >= 11 is 8.50. The van der Waals surface area contributed by atoms with Crippen molar-refractivity contribution < 1.29 is 46.4 Å². The first-order valence-electron chi connectivity index (χ1n) is 20.6. The smallest absolute Gasteiger partial charge is 0.345 e. The molecule has 3 aliphatic rings. The predicted octanol–water partition coefficient (Wildman–Crippen LogP) is 8.12. The third kappa shape index (κ3) is 9.54. The zero-order valence-corrected chi connectivity index (χ0v) is 37.5. The van der Waals surface area contributed by atoms with Crippen LogP contribution in [0.4, 0.5) is 4.39 Å². The number of hydrogen-bond acceptors (Lipinski definition) is 14. The minimum atomic E-state index is -3.14. The lowest BCUT2D eigenvalue weighted by atomic mass is 9.96. The van der Waals surface area contributed by atoms with Gasteiger partial charge in [-0.05, 0) is 78.2 Å². The summed E-state index contributed by atoms with van der Waals surface area (Å²) in [6.45, 7) is 2.86. The van der Waals surface area contributed by atoms with Crippen molar-refractivity contribution in [3.05, 3.63) is 125 Å². The van der Waals surface area contributed by atoms with E-state index < -0.39 is 33.8 Å². The lowest BCUT2D eigenvalue weighted by Gasteiger charge is -2.31. The minimum Gasteiger partial charge on any atom is -0.496 e. The Kier molecular flexibility index (Phi) is 12.5. The molecule has 0 aliphatic carbocycles. The second-order valence-electron chi connectivity index (χ2n) is 15.5. The van der Waals surface area contributed by atoms with Crippen molar-refractivity contribution in [2.45, 2.75) is 32.2 Å². The van der Waals surface area contributed by atoms with Crippen molar-refractivity contribution in [3.63, 3.8) is 0 Å². The molecule has 18 heteroatoms. The molecule has 0 spiro atoms. The molecule has 1 N–H and O–H groups in total. The second-order valence-corrected chi connectivity index (χ2v) is 19.2. The van der Waals surface area contributed by atoms with Crippen LogP contribution in [0.15, 0.2) is 97.5 Å². The number of aromatic nitrogens is 4. The lowest BCUT2D eigenvalue weighted by molar-refractivity contribution is -0.145. The van der Waals surface area contributed by atoms with Gasteiger partial charge in [-0.2, -0.15) is 0 Å². The maximum atomic E-state index is 14.3. The SMILES string of the molecule is COc1ccccc1-c1nccc(COc2ccc3cc2C[C@H](C(=O)O)Oc2ncnc4sc(-c5ccc(F)cc5)c(c24)-c2ccc(c(Cl)c2C)O[C@H](CN2CCS(=O)(=O)CC2)CO3)n1. The van der Waals surface area contributed by atoms with Gasteiger partial charge < -0.3 is 28.8 Å². The van der Waals surface area contributed by atoms with Crippen LogP contribution in [0.3, 0.4) is 0 Å². The van der Waals surface area contributed by atoms with E-state index in [2.05, 4.69) is 15.0 Å². The van der Waals surface area contributed by atoms with Crippen LogP contribution in [0.2, 0.25) is 5.02 Å². The number of carboxylic acid groups (broad SMARTS) is 1. The summed E-state index contributed by atoms with van der Waals surface area (Å²) in [6, 6.07) is 23.9. The number of benzene rings is 4. The van der Waals surface area contributed by atoms with E-state index in [1.807, 2.05) is 42.2 Å². The molecule has 0 amide bonds. The molecule has 65 heavy (non-hydrogen) atoms. The molecule has 3 aromatic heterocycles. The summed E-state index contributed by atoms with van der Waals surface area (Å²) in [4.78, 5) is 34.7. The lowest BCUT2D eigenvalue weighted by Crippen LogP contribution is -2.46. The Bertz CT molecular complexity index is 3010. The van der Waals surface area contributed by atoms with E-state index in [0.717, 1.165) is 0 Å². The highest BCUT2D eigenvalue weighted by Gasteiger charge is 2.30. The van der Waals surface area contributed by atoms with Gasteiger partial charge in [0.05, 0.1) is 40.3 Å². The monoisotopic (exact) mass is 937 g/mol. The molecular formula is C47H41ClFN5O9S2. The highest BCUT2D eigenvalue weighted by Crippen LogP contribution is 2.49. The highest BCUT2D eigenvalue weighted by atomic mass is 35.5. The van der Waals surface area contributed by atoms with Crippen molar-refractivity contribution >= 4 is 49.0 Å². The van der Waals surface area contributed by atoms with Crippen LogP contribution in [0.5, 0.6) is 28.9 Å². The second kappa shape index (κ2) is 18.6. The molecule has 2 atom stereocenters. The Morgan fingerprint density at radius 2 is 1.77 bits per heavy atom. The van der Waals surface area contributed by atoms with E-state index in [-0.39, 0.29) is 37.0 Å². The Morgan fingerprint density at radius 3 is 2.55 bits per heavy atom. The first kappa shape index (κ1) is 43.8. The number of sulfone groups is 1. The average molecular weight is 938 g/mol. The standard InChI is InChI=1S/C47H41ClFN5O9S2/c1-27-34-12-14-38(42(27)48)62-33(23-54-17-19-65(57,58)20-18-54)25-60-32-11-13-36(61-24-31-15-16-50-44(53-31)35-5-3-4-6-37(35)59-2)29(21-32)22-39(47(55)56)63-45-41-40(34)43(64-46(41)52-26-51-45)28-7-9-30(49)10-8-28/h3-16,21,26,33,39H,17-20,22-25H2,1-2H3,(H,55,56)/t33-,39-/m1/s1. The molecule has 10 rings (SSSR count). The van der Waals surface area contributed by atoms with Crippen LogP contribution in [-0.2, 0) is 27.7 Å². The summed E-state index contributed by atoms with van der Waals surface area (Å²) in [7, 11) is -1.57. The van der Waals surface area contributed by atoms with Crippen LogP contribution < -0.4 is 23.7 Å². The van der Waals surface area contributed by atoms with Gasteiger partial charge in [0.2, 0.25) is 12.0 Å². The van der Waals surface area contributed by atoms with E-state index >= 15 is 0 Å². The average Bonchev–Trinajstić information content (AvgIpc) is 3.70. The molecule has 1 fully saturated rings. The number of nitrogens with zero attached hydrogens (tertiary/aromatic N) is 5. The molecule has 3 aliphatic heterocycles. The summed E-state index contributed by atoms with van der Waals surface area (Å²) in [6.07, 6.45) is 0.638. The first-order chi connectivity index (χ1) is 31.4. The van der Waals surface area contributed by atoms with Crippen LogP contribution in [-0.4, -0.2) is 101 Å². The minimum absolute atomic E-state index is 0.00618. The number of ether oxygens (including phenoxy) is 5. The number of thiophene rings is 1. The van der Waals surface area contributed by atoms with E-state index in [0.29, 0.717) is 108 Å². The van der Waals surface area contributed by atoms with Gasteiger partial charge in [-0.25, -0.2) is 37.5 Å². The van der Waals surface area contributed by atoms with Crippen LogP contribution in [0.25, 0.3) is 43.2 Å². The summed E-state index contributed by atoms with van der Waals surface area (Å²) in [5, 5.41) is 11.5. The normalized spacial score (nSPS) is 17.4. The van der Waals surface area contributed by atoms with Crippen molar-refractivity contribution in [3.8, 4) is 61.8 Å². The fourth-order valence-corrected chi connectivity index (χ4v) is 10.5. The maximum Gasteiger partial charge on any atom is 0.345 e. The molecule has 0 saturated carbocycles. The molecule has 4 bridgehead atoms. The van der Waals surface area contributed by atoms with Crippen molar-refractivity contribution in [1.82, 2.24) is 24.8 Å². The number of methoxy groups -OCH3 is 1. The third-order valence-electron chi connectivity index (χ3n) is 11.2. The summed E-state index contributed by atoms with van der Waals surface area (Å²) in [5.41, 5.74) is 4.31. The summed E-state index contributed by atoms with van der Waals surface area (Å²) in [5.74, 6) is 0.576.